The Labute approximate surface area is 93.8 Å². The molecule has 0 amide bonds. The fraction of sp³-hybridized carbons (Fsp3) is 1.00. The summed E-state index contributed by atoms with van der Waals surface area (Å²) in [5.41, 5.74) is 0.677. The molecule has 1 N–H and O–H groups in total. The van der Waals surface area contributed by atoms with Crippen LogP contribution in [0.4, 0.5) is 0 Å². The van der Waals surface area contributed by atoms with Gasteiger partial charge in [0, 0.05) is 26.3 Å². The van der Waals surface area contributed by atoms with Gasteiger partial charge >= 0.3 is 0 Å². The molecule has 0 saturated heterocycles. The number of ether oxygens (including phenoxy) is 1. The van der Waals surface area contributed by atoms with Crippen molar-refractivity contribution in [1.82, 2.24) is 5.32 Å². The lowest BCUT2D eigenvalue weighted by Crippen LogP contribution is -2.40. The highest BCUT2D eigenvalue weighted by Crippen LogP contribution is 2.45. The molecular weight excluding hydrogens is 186 g/mol. The van der Waals surface area contributed by atoms with Crippen molar-refractivity contribution in [1.29, 1.82) is 0 Å². The molecule has 0 aromatic carbocycles. The van der Waals surface area contributed by atoms with Crippen LogP contribution in [-0.4, -0.2) is 26.3 Å². The first-order chi connectivity index (χ1) is 7.35. The fourth-order valence-corrected chi connectivity index (χ4v) is 2.59. The molecule has 2 aliphatic carbocycles. The van der Waals surface area contributed by atoms with Gasteiger partial charge in [-0.25, -0.2) is 0 Å². The maximum Gasteiger partial charge on any atom is 0.0462 e. The minimum absolute atomic E-state index is 0.677. The number of hydrogen-bond donors (Lipinski definition) is 1. The molecule has 0 unspecified atom stereocenters. The van der Waals surface area contributed by atoms with Gasteiger partial charge in [0.25, 0.3) is 0 Å². The van der Waals surface area contributed by atoms with Gasteiger partial charge in [-0.15, -0.1) is 0 Å². The van der Waals surface area contributed by atoms with E-state index in [-0.39, 0.29) is 0 Å². The lowest BCUT2D eigenvalue weighted by Gasteiger charge is -2.42. The predicted octanol–water partition coefficient (Wildman–Crippen LogP) is 2.73. The molecule has 0 radical (unpaired) electrons. The van der Waals surface area contributed by atoms with Crippen LogP contribution in [0.15, 0.2) is 0 Å². The topological polar surface area (TPSA) is 21.3 Å². The van der Waals surface area contributed by atoms with Crippen LogP contribution in [0.3, 0.4) is 0 Å². The monoisotopic (exact) mass is 211 g/mol. The van der Waals surface area contributed by atoms with Crippen molar-refractivity contribution in [2.45, 2.75) is 57.4 Å². The van der Waals surface area contributed by atoms with E-state index in [1.54, 1.807) is 7.11 Å². The molecule has 2 nitrogen and oxygen atoms in total. The van der Waals surface area contributed by atoms with Gasteiger partial charge in [0.15, 0.2) is 0 Å². The zero-order valence-corrected chi connectivity index (χ0v) is 10.1. The summed E-state index contributed by atoms with van der Waals surface area (Å²) in [6.07, 6.45) is 11.2. The minimum Gasteiger partial charge on any atom is -0.385 e. The first kappa shape index (κ1) is 11.4. The average Bonchev–Trinajstić information content (AvgIpc) is 2.98. The third kappa shape index (κ3) is 3.46. The zero-order chi connectivity index (χ0) is 10.6. The Kier molecular flexibility index (Phi) is 4.04. The smallest absolute Gasteiger partial charge is 0.0462 e. The maximum absolute atomic E-state index is 5.10. The van der Waals surface area contributed by atoms with Gasteiger partial charge in [-0.05, 0) is 43.9 Å². The van der Waals surface area contributed by atoms with Crippen LogP contribution in [-0.2, 0) is 4.74 Å². The van der Waals surface area contributed by atoms with E-state index in [1.807, 2.05) is 0 Å². The van der Waals surface area contributed by atoms with Crippen LogP contribution in [0.25, 0.3) is 0 Å². The maximum atomic E-state index is 5.10. The van der Waals surface area contributed by atoms with E-state index >= 15 is 0 Å². The zero-order valence-electron chi connectivity index (χ0n) is 10.1. The van der Waals surface area contributed by atoms with E-state index < -0.39 is 0 Å². The molecule has 2 aliphatic rings. The Bertz CT molecular complexity index is 185. The van der Waals surface area contributed by atoms with Crippen molar-refractivity contribution in [3.05, 3.63) is 0 Å². The van der Waals surface area contributed by atoms with Gasteiger partial charge in [0.2, 0.25) is 0 Å². The first-order valence-electron chi connectivity index (χ1n) is 6.57. The van der Waals surface area contributed by atoms with Crippen LogP contribution in [0, 0.1) is 5.41 Å². The van der Waals surface area contributed by atoms with E-state index in [2.05, 4.69) is 5.32 Å². The Hall–Kier alpha value is -0.0800. The summed E-state index contributed by atoms with van der Waals surface area (Å²) in [6.45, 7) is 2.22. The van der Waals surface area contributed by atoms with Crippen molar-refractivity contribution in [3.8, 4) is 0 Å². The van der Waals surface area contributed by atoms with Crippen molar-refractivity contribution < 1.29 is 4.74 Å². The Morgan fingerprint density at radius 2 is 2.07 bits per heavy atom. The normalized spacial score (nSPS) is 23.8. The SMILES string of the molecule is COCCCCC1(CNC2CC2)CCC1. The van der Waals surface area contributed by atoms with Crippen molar-refractivity contribution in [2.24, 2.45) is 5.41 Å². The third-order valence-electron chi connectivity index (χ3n) is 4.06. The molecule has 0 aliphatic heterocycles. The number of hydrogen-bond acceptors (Lipinski definition) is 2. The number of nitrogens with one attached hydrogen (secondary N) is 1. The molecule has 0 spiro atoms. The molecule has 0 atom stereocenters. The van der Waals surface area contributed by atoms with Gasteiger partial charge in [-0.2, -0.15) is 0 Å². The Balaban J connectivity index is 1.60. The second kappa shape index (κ2) is 5.31. The molecule has 15 heavy (non-hydrogen) atoms. The molecule has 2 heteroatoms. The first-order valence-corrected chi connectivity index (χ1v) is 6.57. The second-order valence-corrected chi connectivity index (χ2v) is 5.46. The van der Waals surface area contributed by atoms with Gasteiger partial charge in [-0.1, -0.05) is 12.8 Å². The lowest BCUT2D eigenvalue weighted by molar-refractivity contribution is 0.106. The minimum atomic E-state index is 0.677. The summed E-state index contributed by atoms with van der Waals surface area (Å²) in [7, 11) is 1.80. The van der Waals surface area contributed by atoms with Crippen molar-refractivity contribution >= 4 is 0 Å². The summed E-state index contributed by atoms with van der Waals surface area (Å²) >= 11 is 0. The van der Waals surface area contributed by atoms with E-state index in [0.717, 1.165) is 12.6 Å². The van der Waals surface area contributed by atoms with E-state index in [0.29, 0.717) is 5.41 Å². The highest BCUT2D eigenvalue weighted by Gasteiger charge is 2.37. The molecule has 2 saturated carbocycles. The van der Waals surface area contributed by atoms with E-state index in [4.69, 9.17) is 4.74 Å². The molecule has 0 aromatic heterocycles. The molecule has 2 fully saturated rings. The van der Waals surface area contributed by atoms with Crippen LogP contribution in [0.5, 0.6) is 0 Å². The lowest BCUT2D eigenvalue weighted by atomic mass is 9.66. The van der Waals surface area contributed by atoms with Crippen molar-refractivity contribution in [2.75, 3.05) is 20.3 Å². The predicted molar refractivity (Wildman–Crippen MR) is 63.0 cm³/mol. The van der Waals surface area contributed by atoms with E-state index in [9.17, 15) is 0 Å². The average molecular weight is 211 g/mol. The highest BCUT2D eigenvalue weighted by atomic mass is 16.5. The molecule has 88 valence electrons. The van der Waals surface area contributed by atoms with Gasteiger partial charge in [0.1, 0.15) is 0 Å². The molecule has 0 aromatic rings. The van der Waals surface area contributed by atoms with Crippen molar-refractivity contribution in [3.63, 3.8) is 0 Å². The van der Waals surface area contributed by atoms with Crippen LogP contribution >= 0.6 is 0 Å². The highest BCUT2D eigenvalue weighted by molar-refractivity contribution is 4.92. The summed E-state index contributed by atoms with van der Waals surface area (Å²) in [5, 5.41) is 3.71. The van der Waals surface area contributed by atoms with Gasteiger partial charge in [0.05, 0.1) is 0 Å². The Morgan fingerprint density at radius 1 is 1.27 bits per heavy atom. The molecule has 0 bridgehead atoms. The number of methoxy groups -OCH3 is 1. The summed E-state index contributed by atoms with van der Waals surface area (Å²) in [4.78, 5) is 0. The van der Waals surface area contributed by atoms with Crippen LogP contribution < -0.4 is 5.32 Å². The molecule has 0 heterocycles. The summed E-state index contributed by atoms with van der Waals surface area (Å²) < 4.78 is 5.10. The molecule has 2 rings (SSSR count). The van der Waals surface area contributed by atoms with E-state index in [1.165, 1.54) is 57.9 Å². The molecular formula is C13H25NO. The fourth-order valence-electron chi connectivity index (χ4n) is 2.59. The summed E-state index contributed by atoms with van der Waals surface area (Å²) in [5.74, 6) is 0. The van der Waals surface area contributed by atoms with Gasteiger partial charge < -0.3 is 10.1 Å². The third-order valence-corrected chi connectivity index (χ3v) is 4.06. The quantitative estimate of drug-likeness (QED) is 0.623. The standard InChI is InChI=1S/C13H25NO/c1-15-10-3-2-7-13(8-4-9-13)11-14-12-5-6-12/h12,14H,2-11H2,1H3. The van der Waals surface area contributed by atoms with Crippen LogP contribution in [0.1, 0.15) is 51.4 Å². The Morgan fingerprint density at radius 3 is 2.60 bits per heavy atom. The summed E-state index contributed by atoms with van der Waals surface area (Å²) in [6, 6.07) is 0.876. The van der Waals surface area contributed by atoms with Crippen LogP contribution in [0.2, 0.25) is 0 Å². The largest absolute Gasteiger partial charge is 0.385 e. The second-order valence-electron chi connectivity index (χ2n) is 5.46. The number of rotatable bonds is 8. The number of unbranched alkanes of at least 4 members (excludes halogenated alkanes) is 1. The van der Waals surface area contributed by atoms with Gasteiger partial charge in [-0.3, -0.25) is 0 Å².